The van der Waals surface area contributed by atoms with Crippen molar-refractivity contribution >= 4 is 27.5 Å². The summed E-state index contributed by atoms with van der Waals surface area (Å²) in [4.78, 5) is 0. The molecule has 1 atom stereocenters. The van der Waals surface area contributed by atoms with E-state index in [-0.39, 0.29) is 11.1 Å². The Labute approximate surface area is 123 Å². The molecule has 19 heavy (non-hydrogen) atoms. The summed E-state index contributed by atoms with van der Waals surface area (Å²) in [6, 6.07) is 7.29. The second-order valence-electron chi connectivity index (χ2n) is 4.28. The van der Waals surface area contributed by atoms with Crippen LogP contribution in [0.15, 0.2) is 34.8 Å². The first-order valence-electron chi connectivity index (χ1n) is 5.56. The molecular weight excluding hydrogens is 336 g/mol. The van der Waals surface area contributed by atoms with Gasteiger partial charge in [-0.3, -0.25) is 0 Å². The lowest BCUT2D eigenvalue weighted by Crippen LogP contribution is -2.15. The summed E-state index contributed by atoms with van der Waals surface area (Å²) < 4.78 is 28.2. The Hall–Kier alpha value is -0.970. The average molecular weight is 347 g/mol. The average Bonchev–Trinajstić information content (AvgIpc) is 2.34. The molecule has 2 aromatic carbocycles. The Morgan fingerprint density at radius 2 is 1.84 bits per heavy atom. The highest BCUT2D eigenvalue weighted by Gasteiger charge is 2.18. The highest BCUT2D eigenvalue weighted by atomic mass is 79.9. The van der Waals surface area contributed by atoms with E-state index in [1.54, 1.807) is 18.2 Å². The number of hydrogen-bond donors (Lipinski definition) is 1. The molecule has 0 aliphatic heterocycles. The summed E-state index contributed by atoms with van der Waals surface area (Å²) in [7, 11) is 0. The Morgan fingerprint density at radius 3 is 2.47 bits per heavy atom. The molecule has 2 rings (SSSR count). The van der Waals surface area contributed by atoms with E-state index in [0.29, 0.717) is 10.6 Å². The molecule has 0 radical (unpaired) electrons. The van der Waals surface area contributed by atoms with E-state index < -0.39 is 17.7 Å². The molecule has 0 aliphatic rings. The van der Waals surface area contributed by atoms with Gasteiger partial charge in [-0.15, -0.1) is 0 Å². The summed E-state index contributed by atoms with van der Waals surface area (Å²) in [5.41, 5.74) is 6.96. The molecule has 1 unspecified atom stereocenters. The van der Waals surface area contributed by atoms with Crippen LogP contribution in [0, 0.1) is 18.6 Å². The van der Waals surface area contributed by atoms with Crippen LogP contribution in [-0.4, -0.2) is 0 Å². The van der Waals surface area contributed by atoms with Gasteiger partial charge in [0.1, 0.15) is 0 Å². The Bertz CT molecular complexity index is 611. The van der Waals surface area contributed by atoms with E-state index in [1.807, 2.05) is 0 Å². The van der Waals surface area contributed by atoms with E-state index in [2.05, 4.69) is 15.9 Å². The number of hydrogen-bond acceptors (Lipinski definition) is 1. The van der Waals surface area contributed by atoms with Crippen LogP contribution in [0.5, 0.6) is 0 Å². The standard InChI is InChI=1S/C14H11BrClF2N/c1-7-2-3-11(13(18)12(7)17)14(19)8-4-9(15)6-10(16)5-8/h2-6,14H,19H2,1H3. The molecule has 2 N–H and O–H groups in total. The van der Waals surface area contributed by atoms with Gasteiger partial charge in [-0.2, -0.15) is 0 Å². The van der Waals surface area contributed by atoms with E-state index in [4.69, 9.17) is 17.3 Å². The number of benzene rings is 2. The van der Waals surface area contributed by atoms with E-state index in [1.165, 1.54) is 19.1 Å². The van der Waals surface area contributed by atoms with E-state index in [0.717, 1.165) is 4.47 Å². The van der Waals surface area contributed by atoms with Crippen molar-refractivity contribution in [3.63, 3.8) is 0 Å². The predicted molar refractivity (Wildman–Crippen MR) is 76.3 cm³/mol. The lowest BCUT2D eigenvalue weighted by molar-refractivity contribution is 0.489. The fraction of sp³-hybridized carbons (Fsp3) is 0.143. The van der Waals surface area contributed by atoms with Crippen molar-refractivity contribution in [2.45, 2.75) is 13.0 Å². The maximum atomic E-state index is 13.9. The predicted octanol–water partition coefficient (Wildman–Crippen LogP) is 4.74. The van der Waals surface area contributed by atoms with E-state index >= 15 is 0 Å². The fourth-order valence-corrected chi connectivity index (χ4v) is 2.72. The molecular formula is C14H11BrClF2N. The van der Waals surface area contributed by atoms with Crippen LogP contribution >= 0.6 is 27.5 Å². The minimum atomic E-state index is -0.913. The maximum absolute atomic E-state index is 13.9. The molecule has 0 saturated heterocycles. The lowest BCUT2D eigenvalue weighted by Gasteiger charge is -2.15. The SMILES string of the molecule is Cc1ccc(C(N)c2cc(Cl)cc(Br)c2)c(F)c1F. The Balaban J connectivity index is 2.50. The van der Waals surface area contributed by atoms with Crippen molar-refractivity contribution in [2.24, 2.45) is 5.73 Å². The van der Waals surface area contributed by atoms with Gasteiger partial charge in [-0.25, -0.2) is 8.78 Å². The fourth-order valence-electron chi connectivity index (χ4n) is 1.84. The number of aryl methyl sites for hydroxylation is 1. The second kappa shape index (κ2) is 5.57. The van der Waals surface area contributed by atoms with Gasteiger partial charge in [-0.05, 0) is 36.2 Å². The molecule has 0 aliphatic carbocycles. The molecule has 100 valence electrons. The first-order valence-corrected chi connectivity index (χ1v) is 6.73. The zero-order valence-electron chi connectivity index (χ0n) is 10.1. The maximum Gasteiger partial charge on any atom is 0.164 e. The summed E-state index contributed by atoms with van der Waals surface area (Å²) in [6.07, 6.45) is 0. The molecule has 0 saturated carbocycles. The molecule has 0 amide bonds. The molecule has 0 heterocycles. The monoisotopic (exact) mass is 345 g/mol. The number of halogens is 4. The van der Waals surface area contributed by atoms with Crippen LogP contribution in [0.1, 0.15) is 22.7 Å². The van der Waals surface area contributed by atoms with Gasteiger partial charge < -0.3 is 5.73 Å². The van der Waals surface area contributed by atoms with Gasteiger partial charge in [0.25, 0.3) is 0 Å². The molecule has 5 heteroatoms. The zero-order valence-corrected chi connectivity index (χ0v) is 12.4. The Morgan fingerprint density at radius 1 is 1.16 bits per heavy atom. The van der Waals surface area contributed by atoms with Crippen molar-refractivity contribution in [3.05, 3.63) is 68.2 Å². The van der Waals surface area contributed by atoms with Crippen LogP contribution in [-0.2, 0) is 0 Å². The minimum absolute atomic E-state index is 0.109. The summed E-state index contributed by atoms with van der Waals surface area (Å²) in [5.74, 6) is -1.78. The highest BCUT2D eigenvalue weighted by molar-refractivity contribution is 9.10. The molecule has 1 nitrogen and oxygen atoms in total. The third-order valence-corrected chi connectivity index (χ3v) is 3.56. The first kappa shape index (κ1) is 14.4. The van der Waals surface area contributed by atoms with Crippen molar-refractivity contribution in [2.75, 3.05) is 0 Å². The summed E-state index contributed by atoms with van der Waals surface area (Å²) in [6.45, 7) is 1.50. The van der Waals surface area contributed by atoms with Crippen LogP contribution in [0.2, 0.25) is 5.02 Å². The first-order chi connectivity index (χ1) is 8.90. The Kier molecular flexibility index (Phi) is 4.23. The largest absolute Gasteiger partial charge is 0.320 e. The van der Waals surface area contributed by atoms with Crippen molar-refractivity contribution < 1.29 is 8.78 Å². The third kappa shape index (κ3) is 2.96. The topological polar surface area (TPSA) is 26.0 Å². The smallest absolute Gasteiger partial charge is 0.164 e. The highest BCUT2D eigenvalue weighted by Crippen LogP contribution is 2.29. The second-order valence-corrected chi connectivity index (χ2v) is 5.63. The molecule has 2 aromatic rings. The van der Waals surface area contributed by atoms with Crippen molar-refractivity contribution in [1.29, 1.82) is 0 Å². The van der Waals surface area contributed by atoms with Gasteiger partial charge >= 0.3 is 0 Å². The molecule has 0 spiro atoms. The zero-order chi connectivity index (χ0) is 14.2. The number of rotatable bonds is 2. The minimum Gasteiger partial charge on any atom is -0.320 e. The van der Waals surface area contributed by atoms with Gasteiger partial charge in [0.2, 0.25) is 0 Å². The molecule has 0 bridgehead atoms. The van der Waals surface area contributed by atoms with Crippen LogP contribution in [0.3, 0.4) is 0 Å². The van der Waals surface area contributed by atoms with Gasteiger partial charge in [0.15, 0.2) is 11.6 Å². The van der Waals surface area contributed by atoms with E-state index in [9.17, 15) is 8.78 Å². The van der Waals surface area contributed by atoms with Gasteiger partial charge in [0, 0.05) is 15.1 Å². The third-order valence-electron chi connectivity index (χ3n) is 2.88. The van der Waals surface area contributed by atoms with Crippen molar-refractivity contribution in [1.82, 2.24) is 0 Å². The molecule has 0 fully saturated rings. The normalized spacial score (nSPS) is 12.5. The van der Waals surface area contributed by atoms with Crippen molar-refractivity contribution in [3.8, 4) is 0 Å². The summed E-state index contributed by atoms with van der Waals surface area (Å²) in [5, 5.41) is 0.479. The van der Waals surface area contributed by atoms with Crippen LogP contribution in [0.4, 0.5) is 8.78 Å². The lowest BCUT2D eigenvalue weighted by atomic mass is 9.98. The molecule has 0 aromatic heterocycles. The van der Waals surface area contributed by atoms with Crippen LogP contribution in [0.25, 0.3) is 0 Å². The van der Waals surface area contributed by atoms with Crippen LogP contribution < -0.4 is 5.73 Å². The quantitative estimate of drug-likeness (QED) is 0.835. The van der Waals surface area contributed by atoms with Gasteiger partial charge in [0.05, 0.1) is 6.04 Å². The summed E-state index contributed by atoms with van der Waals surface area (Å²) >= 11 is 9.22. The number of nitrogens with two attached hydrogens (primary N) is 1. The van der Waals surface area contributed by atoms with Gasteiger partial charge in [-0.1, -0.05) is 39.7 Å².